The number of nitrogens with one attached hydrogen (secondary N) is 3. The lowest BCUT2D eigenvalue weighted by atomic mass is 9.82. The van der Waals surface area contributed by atoms with Crippen LogP contribution >= 0.6 is 11.8 Å². The van der Waals surface area contributed by atoms with Crippen LogP contribution in [0.15, 0.2) is 60.8 Å². The first-order chi connectivity index (χ1) is 30.4. The zero-order valence-electron chi connectivity index (χ0n) is 36.1. The second-order valence-corrected chi connectivity index (χ2v) is 16.6. The number of aliphatic hydroxyl groups is 1. The number of aromatic nitrogens is 1. The Hall–Kier alpha value is -5.62. The number of rotatable bonds is 24. The summed E-state index contributed by atoms with van der Waals surface area (Å²) in [4.78, 5) is 71.7. The van der Waals surface area contributed by atoms with E-state index in [9.17, 15) is 51.7 Å². The van der Waals surface area contributed by atoms with Crippen LogP contribution in [0.4, 0.5) is 22.0 Å². The van der Waals surface area contributed by atoms with Gasteiger partial charge in [0.1, 0.15) is 29.5 Å². The van der Waals surface area contributed by atoms with Crippen molar-refractivity contribution in [3.05, 3.63) is 83.7 Å². The molecular weight excluding hydrogens is 892 g/mol. The first-order valence-electron chi connectivity index (χ1n) is 19.9. The third-order valence-electron chi connectivity index (χ3n) is 9.35. The van der Waals surface area contributed by atoms with Crippen molar-refractivity contribution in [1.29, 1.82) is 0 Å². The van der Waals surface area contributed by atoms with E-state index in [1.807, 2.05) is 55.7 Å². The number of nitrogens with zero attached hydrogens (tertiary/aromatic N) is 2. The molecule has 65 heavy (non-hydrogen) atoms. The molecule has 0 bridgehead atoms. The Morgan fingerprint density at radius 3 is 2.06 bits per heavy atom. The van der Waals surface area contributed by atoms with Crippen LogP contribution in [0, 0.1) is 17.0 Å². The van der Waals surface area contributed by atoms with Gasteiger partial charge in [-0.1, -0.05) is 51.1 Å². The van der Waals surface area contributed by atoms with Crippen molar-refractivity contribution in [2.24, 2.45) is 11.1 Å². The maximum absolute atomic E-state index is 15.1. The van der Waals surface area contributed by atoms with Gasteiger partial charge in [0.15, 0.2) is 0 Å². The molecule has 4 unspecified atom stereocenters. The predicted molar refractivity (Wildman–Crippen MR) is 228 cm³/mol. The normalized spacial score (nSPS) is 13.3. The van der Waals surface area contributed by atoms with E-state index < -0.39 is 82.9 Å². The second-order valence-electron chi connectivity index (χ2n) is 15.4. The average molecular weight is 947 g/mol. The molecule has 0 aliphatic heterocycles. The number of carboxylic acid groups (broad SMARTS) is 3. The first kappa shape index (κ1) is 55.5. The SMILES string of the molecule is CNC(CCN(C(=O)CO)C(c1cc(-c2cc(F)ccc2F)cn1Cc1ccccc1)C(C)(C)C)C(=O)NCCOCCNC(=O)CC(SCC(N)C(=O)O)C(=O)O.O=C(O)C(F)(F)F. The standard InChI is InChI=1S/C40H54F2N6O9S.C2HF3O2/c1-40(2,3)36(32-18-26(28-19-27(41)10-11-29(28)42)22-47(32)21-25-8-6-5-7-9-25)48(35(51)23-49)15-12-31(44-4)37(52)46-14-17-57-16-13-45-34(50)20-33(39(55)56)58-24-30(43)38(53)54;3-2(4,5)1(6)7/h5-11,18-19,22,30-31,33,36,44,49H,12-17,20-21,23-24,43H2,1-4H3,(H,45,50)(H,46,52)(H,53,54)(H,55,56);(H,6,7). The highest BCUT2D eigenvalue weighted by Gasteiger charge is 2.39. The lowest BCUT2D eigenvalue weighted by molar-refractivity contribution is -0.192. The van der Waals surface area contributed by atoms with Crippen LogP contribution in [0.2, 0.25) is 0 Å². The number of halogens is 5. The van der Waals surface area contributed by atoms with Gasteiger partial charge in [0, 0.05) is 61.4 Å². The number of aliphatic hydroxyl groups excluding tert-OH is 1. The molecule has 0 fully saturated rings. The zero-order valence-corrected chi connectivity index (χ0v) is 36.9. The summed E-state index contributed by atoms with van der Waals surface area (Å²) in [7, 11) is 1.60. The topological polar surface area (TPSA) is 263 Å². The number of hydrogen-bond acceptors (Lipinski definition) is 11. The molecular formula is C42H55F5N6O11S. The smallest absolute Gasteiger partial charge is 0.480 e. The van der Waals surface area contributed by atoms with Gasteiger partial charge in [-0.15, -0.1) is 11.8 Å². The van der Waals surface area contributed by atoms with Crippen LogP contribution in [0.5, 0.6) is 0 Å². The Morgan fingerprint density at radius 1 is 0.908 bits per heavy atom. The number of benzene rings is 2. The van der Waals surface area contributed by atoms with Crippen LogP contribution in [-0.2, 0) is 40.0 Å². The molecule has 1 aromatic heterocycles. The van der Waals surface area contributed by atoms with Gasteiger partial charge in [0.2, 0.25) is 17.7 Å². The third kappa shape index (κ3) is 18.8. The van der Waals surface area contributed by atoms with E-state index in [2.05, 4.69) is 16.0 Å². The number of amides is 3. The highest BCUT2D eigenvalue weighted by Crippen LogP contribution is 2.41. The van der Waals surface area contributed by atoms with E-state index in [4.69, 9.17) is 25.5 Å². The average Bonchev–Trinajstić information content (AvgIpc) is 3.63. The predicted octanol–water partition coefficient (Wildman–Crippen LogP) is 3.24. The molecule has 17 nitrogen and oxygen atoms in total. The molecule has 0 saturated heterocycles. The van der Waals surface area contributed by atoms with Gasteiger partial charge in [0.25, 0.3) is 0 Å². The zero-order chi connectivity index (χ0) is 49.1. The highest BCUT2D eigenvalue weighted by molar-refractivity contribution is 8.00. The van der Waals surface area contributed by atoms with Crippen molar-refractivity contribution in [3.63, 3.8) is 0 Å². The van der Waals surface area contributed by atoms with Crippen molar-refractivity contribution in [3.8, 4) is 11.1 Å². The van der Waals surface area contributed by atoms with E-state index in [-0.39, 0.29) is 62.9 Å². The molecule has 3 rings (SSSR count). The maximum Gasteiger partial charge on any atom is 0.490 e. The van der Waals surface area contributed by atoms with Crippen molar-refractivity contribution >= 4 is 47.4 Å². The summed E-state index contributed by atoms with van der Waals surface area (Å²) >= 11 is 0.765. The molecule has 3 amide bonds. The van der Waals surface area contributed by atoms with Crippen molar-refractivity contribution < 1.29 is 75.9 Å². The van der Waals surface area contributed by atoms with E-state index in [0.717, 1.165) is 35.5 Å². The molecule has 0 aliphatic carbocycles. The molecule has 0 spiro atoms. The quantitative estimate of drug-likeness (QED) is 0.0474. The molecule has 1 heterocycles. The molecule has 2 aromatic carbocycles. The summed E-state index contributed by atoms with van der Waals surface area (Å²) in [5.41, 5.74) is 6.79. The van der Waals surface area contributed by atoms with E-state index in [1.54, 1.807) is 19.3 Å². The minimum atomic E-state index is -5.08. The number of ether oxygens (including phenoxy) is 1. The number of aliphatic carboxylic acids is 3. The fourth-order valence-corrected chi connectivity index (χ4v) is 7.25. The molecule has 23 heteroatoms. The van der Waals surface area contributed by atoms with Crippen molar-refractivity contribution in [2.45, 2.75) is 69.7 Å². The van der Waals surface area contributed by atoms with Crippen molar-refractivity contribution in [2.75, 3.05) is 52.3 Å². The molecule has 0 aliphatic rings. The maximum atomic E-state index is 15.1. The van der Waals surface area contributed by atoms with Gasteiger partial charge in [0.05, 0.1) is 25.3 Å². The number of carbonyl (C=O) groups is 6. The lowest BCUT2D eigenvalue weighted by Crippen LogP contribution is -2.48. The van der Waals surface area contributed by atoms with Crippen LogP contribution in [0.25, 0.3) is 11.1 Å². The Morgan fingerprint density at radius 2 is 1.52 bits per heavy atom. The first-order valence-corrected chi connectivity index (χ1v) is 21.0. The molecule has 3 aromatic rings. The molecule has 0 saturated carbocycles. The minimum absolute atomic E-state index is 0.0459. The molecule has 9 N–H and O–H groups in total. The number of hydrogen-bond donors (Lipinski definition) is 8. The summed E-state index contributed by atoms with van der Waals surface area (Å²) < 4.78 is 68.5. The fourth-order valence-electron chi connectivity index (χ4n) is 6.26. The van der Waals surface area contributed by atoms with Crippen LogP contribution in [-0.4, -0.2) is 141 Å². The Labute approximate surface area is 375 Å². The van der Waals surface area contributed by atoms with E-state index in [1.165, 1.54) is 4.90 Å². The van der Waals surface area contributed by atoms with Crippen LogP contribution in [0.3, 0.4) is 0 Å². The van der Waals surface area contributed by atoms with E-state index in [0.29, 0.717) is 17.8 Å². The Bertz CT molecular complexity index is 2050. The Balaban J connectivity index is 0.00000191. The summed E-state index contributed by atoms with van der Waals surface area (Å²) in [5.74, 6) is -8.21. The number of nitrogens with two attached hydrogens (primary N) is 1. The van der Waals surface area contributed by atoms with Crippen LogP contribution in [0.1, 0.15) is 50.9 Å². The van der Waals surface area contributed by atoms with Crippen molar-refractivity contribution in [1.82, 2.24) is 25.4 Å². The van der Waals surface area contributed by atoms with E-state index >= 15 is 4.39 Å². The molecule has 0 radical (unpaired) electrons. The summed E-state index contributed by atoms with van der Waals surface area (Å²) in [6.45, 7) is 5.72. The summed E-state index contributed by atoms with van der Waals surface area (Å²) in [6.07, 6.45) is -3.60. The lowest BCUT2D eigenvalue weighted by Gasteiger charge is -2.41. The minimum Gasteiger partial charge on any atom is -0.480 e. The monoisotopic (exact) mass is 946 g/mol. The number of likely N-dealkylation sites (N-methyl/N-ethyl adjacent to an activating group) is 1. The number of carboxylic acids is 3. The highest BCUT2D eigenvalue weighted by atomic mass is 32.2. The van der Waals surface area contributed by atoms with Gasteiger partial charge in [-0.25, -0.2) is 13.6 Å². The Kier molecular flexibility index (Phi) is 22.5. The third-order valence-corrected chi connectivity index (χ3v) is 10.7. The summed E-state index contributed by atoms with van der Waals surface area (Å²) in [6, 6.07) is 11.8. The van der Waals surface area contributed by atoms with Crippen LogP contribution < -0.4 is 21.7 Å². The van der Waals surface area contributed by atoms with Gasteiger partial charge in [-0.05, 0) is 48.7 Å². The molecule has 360 valence electrons. The largest absolute Gasteiger partial charge is 0.490 e. The fraction of sp³-hybridized carbons (Fsp3) is 0.476. The van der Waals surface area contributed by atoms with Gasteiger partial charge < -0.3 is 56.3 Å². The number of carbonyl (C=O) groups excluding carboxylic acids is 3. The second kappa shape index (κ2) is 26.4. The van der Waals surface area contributed by atoms with Gasteiger partial charge in [-0.2, -0.15) is 13.2 Å². The number of alkyl halides is 3. The summed E-state index contributed by atoms with van der Waals surface area (Å²) in [5, 5.41) is 42.6. The molecule has 4 atom stereocenters. The number of thioether (sulfide) groups is 1. The van der Waals surface area contributed by atoms with Gasteiger partial charge >= 0.3 is 24.1 Å². The van der Waals surface area contributed by atoms with Gasteiger partial charge in [-0.3, -0.25) is 24.0 Å².